The Kier molecular flexibility index (Phi) is 9.09. The van der Waals surface area contributed by atoms with Crippen LogP contribution in [0.4, 0.5) is 0 Å². The lowest BCUT2D eigenvalue weighted by atomic mass is 9.98. The standard InChI is InChI=1S/C13H27NO3/c1-4-6-7-10-17-11-8-13(3,12(15)16)14-9-5-2/h14H,4-11H2,1-3H3,(H,15,16). The van der Waals surface area contributed by atoms with Crippen LogP contribution in [0.1, 0.15) is 52.9 Å². The lowest BCUT2D eigenvalue weighted by Gasteiger charge is -2.26. The van der Waals surface area contributed by atoms with Crippen molar-refractivity contribution in [1.82, 2.24) is 5.32 Å². The van der Waals surface area contributed by atoms with Crippen LogP contribution in [0, 0.1) is 0 Å². The predicted molar refractivity (Wildman–Crippen MR) is 69.3 cm³/mol. The summed E-state index contributed by atoms with van der Waals surface area (Å²) in [6, 6.07) is 0. The molecule has 0 rings (SSSR count). The molecule has 0 bridgehead atoms. The Balaban J connectivity index is 3.81. The molecule has 0 heterocycles. The van der Waals surface area contributed by atoms with E-state index in [4.69, 9.17) is 4.74 Å². The maximum atomic E-state index is 11.2. The molecule has 0 aromatic rings. The minimum Gasteiger partial charge on any atom is -0.480 e. The number of hydrogen-bond acceptors (Lipinski definition) is 3. The molecule has 0 aliphatic carbocycles. The fraction of sp³-hybridized carbons (Fsp3) is 0.923. The summed E-state index contributed by atoms with van der Waals surface area (Å²) in [5.41, 5.74) is -0.860. The molecule has 0 aliphatic rings. The van der Waals surface area contributed by atoms with Gasteiger partial charge in [-0.2, -0.15) is 0 Å². The van der Waals surface area contributed by atoms with Crippen molar-refractivity contribution in [2.45, 2.75) is 58.4 Å². The van der Waals surface area contributed by atoms with Crippen molar-refractivity contribution < 1.29 is 14.6 Å². The van der Waals surface area contributed by atoms with E-state index < -0.39 is 11.5 Å². The summed E-state index contributed by atoms with van der Waals surface area (Å²) in [5, 5.41) is 12.2. The van der Waals surface area contributed by atoms with E-state index in [1.54, 1.807) is 6.92 Å². The van der Waals surface area contributed by atoms with E-state index in [9.17, 15) is 9.90 Å². The molecule has 17 heavy (non-hydrogen) atoms. The Bertz CT molecular complexity index is 209. The molecule has 0 radical (unpaired) electrons. The van der Waals surface area contributed by atoms with Gasteiger partial charge in [0.15, 0.2) is 0 Å². The van der Waals surface area contributed by atoms with Crippen LogP contribution in [0.25, 0.3) is 0 Å². The Morgan fingerprint density at radius 1 is 1.24 bits per heavy atom. The SMILES string of the molecule is CCCCCOCCC(C)(NCCC)C(=O)O. The maximum absolute atomic E-state index is 11.2. The van der Waals surface area contributed by atoms with Crippen molar-refractivity contribution >= 4 is 5.97 Å². The molecule has 1 atom stereocenters. The van der Waals surface area contributed by atoms with Gasteiger partial charge in [-0.1, -0.05) is 26.7 Å². The number of carboxylic acids is 1. The molecule has 0 aliphatic heterocycles. The number of nitrogens with one attached hydrogen (secondary N) is 1. The van der Waals surface area contributed by atoms with Crippen molar-refractivity contribution in [2.24, 2.45) is 0 Å². The molecule has 0 fully saturated rings. The maximum Gasteiger partial charge on any atom is 0.323 e. The Morgan fingerprint density at radius 3 is 2.47 bits per heavy atom. The lowest BCUT2D eigenvalue weighted by molar-refractivity contribution is -0.145. The van der Waals surface area contributed by atoms with E-state index in [1.165, 1.54) is 12.8 Å². The molecular weight excluding hydrogens is 218 g/mol. The summed E-state index contributed by atoms with van der Waals surface area (Å²) < 4.78 is 5.46. The van der Waals surface area contributed by atoms with Crippen LogP contribution < -0.4 is 5.32 Å². The van der Waals surface area contributed by atoms with Crippen LogP contribution in [-0.2, 0) is 9.53 Å². The van der Waals surface area contributed by atoms with Gasteiger partial charge in [0.2, 0.25) is 0 Å². The van der Waals surface area contributed by atoms with Crippen LogP contribution in [-0.4, -0.2) is 36.4 Å². The topological polar surface area (TPSA) is 58.6 Å². The van der Waals surface area contributed by atoms with E-state index in [1.807, 2.05) is 6.92 Å². The Morgan fingerprint density at radius 2 is 1.94 bits per heavy atom. The van der Waals surface area contributed by atoms with Gasteiger partial charge in [-0.15, -0.1) is 0 Å². The highest BCUT2D eigenvalue weighted by atomic mass is 16.5. The zero-order valence-electron chi connectivity index (χ0n) is 11.4. The first-order chi connectivity index (χ1) is 8.06. The van der Waals surface area contributed by atoms with Gasteiger partial charge in [-0.25, -0.2) is 0 Å². The van der Waals surface area contributed by atoms with Gasteiger partial charge in [0.05, 0.1) is 0 Å². The van der Waals surface area contributed by atoms with Gasteiger partial charge in [0.1, 0.15) is 5.54 Å². The smallest absolute Gasteiger partial charge is 0.323 e. The summed E-state index contributed by atoms with van der Waals surface area (Å²) in [5.74, 6) is -0.803. The van der Waals surface area contributed by atoms with Crippen molar-refractivity contribution in [3.63, 3.8) is 0 Å². The third-order valence-electron chi connectivity index (χ3n) is 2.88. The van der Waals surface area contributed by atoms with Gasteiger partial charge >= 0.3 is 5.97 Å². The Hall–Kier alpha value is -0.610. The molecular formula is C13H27NO3. The molecule has 1 unspecified atom stereocenters. The van der Waals surface area contributed by atoms with Gasteiger partial charge in [0.25, 0.3) is 0 Å². The highest BCUT2D eigenvalue weighted by Crippen LogP contribution is 2.10. The second-order valence-electron chi connectivity index (χ2n) is 4.63. The van der Waals surface area contributed by atoms with E-state index in [-0.39, 0.29) is 0 Å². The average Bonchev–Trinajstić information content (AvgIpc) is 2.31. The number of rotatable bonds is 11. The van der Waals surface area contributed by atoms with Crippen molar-refractivity contribution in [3.05, 3.63) is 0 Å². The van der Waals surface area contributed by atoms with E-state index in [2.05, 4.69) is 12.2 Å². The highest BCUT2D eigenvalue weighted by Gasteiger charge is 2.31. The monoisotopic (exact) mass is 245 g/mol. The molecule has 0 amide bonds. The van der Waals surface area contributed by atoms with Crippen molar-refractivity contribution in [3.8, 4) is 0 Å². The van der Waals surface area contributed by atoms with Crippen molar-refractivity contribution in [1.29, 1.82) is 0 Å². The molecule has 4 nitrogen and oxygen atoms in total. The number of carbonyl (C=O) groups is 1. The first-order valence-corrected chi connectivity index (χ1v) is 6.63. The van der Waals surface area contributed by atoms with Crippen LogP contribution in [0.15, 0.2) is 0 Å². The molecule has 102 valence electrons. The zero-order chi connectivity index (χ0) is 13.1. The van der Waals surface area contributed by atoms with Crippen LogP contribution in [0.2, 0.25) is 0 Å². The summed E-state index contributed by atoms with van der Waals surface area (Å²) in [4.78, 5) is 11.2. The summed E-state index contributed by atoms with van der Waals surface area (Å²) >= 11 is 0. The minimum atomic E-state index is -0.860. The summed E-state index contributed by atoms with van der Waals surface area (Å²) in [6.45, 7) is 7.85. The number of aliphatic carboxylic acids is 1. The molecule has 4 heteroatoms. The minimum absolute atomic E-state index is 0.503. The van der Waals surface area contributed by atoms with E-state index >= 15 is 0 Å². The normalized spacial score (nSPS) is 14.5. The average molecular weight is 245 g/mol. The first-order valence-electron chi connectivity index (χ1n) is 6.63. The third kappa shape index (κ3) is 7.34. The van der Waals surface area contributed by atoms with Gasteiger partial charge < -0.3 is 15.2 Å². The first kappa shape index (κ1) is 16.4. The molecule has 0 saturated carbocycles. The summed E-state index contributed by atoms with van der Waals surface area (Å²) in [7, 11) is 0. The van der Waals surface area contributed by atoms with Crippen LogP contribution in [0.3, 0.4) is 0 Å². The predicted octanol–water partition coefficient (Wildman–Crippen LogP) is 2.43. The number of carboxylic acid groups (broad SMARTS) is 1. The fourth-order valence-corrected chi connectivity index (χ4v) is 1.50. The molecule has 0 spiro atoms. The molecule has 2 N–H and O–H groups in total. The van der Waals surface area contributed by atoms with Gasteiger partial charge in [0, 0.05) is 13.2 Å². The van der Waals surface area contributed by atoms with E-state index in [0.717, 1.165) is 26.0 Å². The summed E-state index contributed by atoms with van der Waals surface area (Å²) in [6.07, 6.45) is 4.84. The number of ether oxygens (including phenoxy) is 1. The largest absolute Gasteiger partial charge is 0.480 e. The fourth-order valence-electron chi connectivity index (χ4n) is 1.50. The van der Waals surface area contributed by atoms with Crippen LogP contribution >= 0.6 is 0 Å². The van der Waals surface area contributed by atoms with E-state index in [0.29, 0.717) is 13.0 Å². The molecule has 0 saturated heterocycles. The van der Waals surface area contributed by atoms with Gasteiger partial charge in [-0.05, 0) is 32.7 Å². The lowest BCUT2D eigenvalue weighted by Crippen LogP contribution is -2.50. The second-order valence-corrected chi connectivity index (χ2v) is 4.63. The third-order valence-corrected chi connectivity index (χ3v) is 2.88. The number of unbranched alkanes of at least 4 members (excludes halogenated alkanes) is 2. The molecule has 0 aromatic heterocycles. The van der Waals surface area contributed by atoms with Crippen molar-refractivity contribution in [2.75, 3.05) is 19.8 Å². The van der Waals surface area contributed by atoms with Gasteiger partial charge in [-0.3, -0.25) is 4.79 Å². The highest BCUT2D eigenvalue weighted by molar-refractivity contribution is 5.78. The quantitative estimate of drug-likeness (QED) is 0.549. The van der Waals surface area contributed by atoms with Crippen LogP contribution in [0.5, 0.6) is 0 Å². The molecule has 0 aromatic carbocycles. The second kappa shape index (κ2) is 9.42. The zero-order valence-corrected chi connectivity index (χ0v) is 11.4. The Labute approximate surface area is 105 Å². The number of hydrogen-bond donors (Lipinski definition) is 2.